The first-order chi connectivity index (χ1) is 7.68. The molecule has 0 saturated carbocycles. The van der Waals surface area contributed by atoms with Gasteiger partial charge in [-0.1, -0.05) is 12.1 Å². The van der Waals surface area contributed by atoms with Gasteiger partial charge in [0.05, 0.1) is 0 Å². The van der Waals surface area contributed by atoms with Crippen molar-refractivity contribution in [3.8, 4) is 0 Å². The molecule has 0 spiro atoms. The molecule has 0 bridgehead atoms. The zero-order valence-electron chi connectivity index (χ0n) is 10.4. The molecule has 17 heavy (non-hydrogen) atoms. The number of benzene rings is 1. The van der Waals surface area contributed by atoms with Crippen molar-refractivity contribution in [3.63, 3.8) is 0 Å². The third-order valence-electron chi connectivity index (χ3n) is 3.36. The Labute approximate surface area is 109 Å². The Morgan fingerprint density at radius 2 is 1.94 bits per heavy atom. The van der Waals surface area contributed by atoms with E-state index >= 15 is 0 Å². The Morgan fingerprint density at radius 3 is 2.53 bits per heavy atom. The predicted molar refractivity (Wildman–Crippen MR) is 71.2 cm³/mol. The normalized spacial score (nSPS) is 18.5. The van der Waals surface area contributed by atoms with Crippen LogP contribution in [0.25, 0.3) is 0 Å². The van der Waals surface area contributed by atoms with Crippen LogP contribution in [0.3, 0.4) is 0 Å². The van der Waals surface area contributed by atoms with Gasteiger partial charge in [-0.15, -0.1) is 12.4 Å². The fraction of sp³-hybridized carbons (Fsp3) is 0.538. The lowest BCUT2D eigenvalue weighted by molar-refractivity contribution is 0.185. The second kappa shape index (κ2) is 6.34. The van der Waals surface area contributed by atoms with Gasteiger partial charge < -0.3 is 5.32 Å². The van der Waals surface area contributed by atoms with E-state index in [1.807, 2.05) is 19.1 Å². The van der Waals surface area contributed by atoms with Crippen LogP contribution in [0.1, 0.15) is 24.1 Å². The summed E-state index contributed by atoms with van der Waals surface area (Å²) in [4.78, 5) is 2.43. The lowest BCUT2D eigenvalue weighted by Gasteiger charge is -2.33. The van der Waals surface area contributed by atoms with Crippen molar-refractivity contribution in [2.45, 2.75) is 19.9 Å². The van der Waals surface area contributed by atoms with E-state index in [9.17, 15) is 4.39 Å². The molecule has 1 aromatic rings. The van der Waals surface area contributed by atoms with Gasteiger partial charge in [0, 0.05) is 32.2 Å². The molecule has 96 valence electrons. The summed E-state index contributed by atoms with van der Waals surface area (Å²) in [6, 6.07) is 5.81. The molecule has 1 N–H and O–H groups in total. The van der Waals surface area contributed by atoms with Gasteiger partial charge >= 0.3 is 0 Å². The largest absolute Gasteiger partial charge is 0.314 e. The van der Waals surface area contributed by atoms with Gasteiger partial charge in [-0.25, -0.2) is 4.39 Å². The summed E-state index contributed by atoms with van der Waals surface area (Å²) in [6.45, 7) is 8.24. The number of aryl methyl sites for hydroxylation is 1. The van der Waals surface area contributed by atoms with Crippen molar-refractivity contribution < 1.29 is 4.39 Å². The van der Waals surface area contributed by atoms with Crippen LogP contribution >= 0.6 is 12.4 Å². The van der Waals surface area contributed by atoms with E-state index in [-0.39, 0.29) is 18.2 Å². The molecule has 0 unspecified atom stereocenters. The van der Waals surface area contributed by atoms with Gasteiger partial charge in [-0.05, 0) is 31.0 Å². The second-order valence-corrected chi connectivity index (χ2v) is 4.47. The monoisotopic (exact) mass is 258 g/mol. The van der Waals surface area contributed by atoms with E-state index < -0.39 is 0 Å². The molecule has 4 heteroatoms. The maximum absolute atomic E-state index is 13.2. The van der Waals surface area contributed by atoms with Crippen LogP contribution in [0.15, 0.2) is 18.2 Å². The van der Waals surface area contributed by atoms with E-state index in [4.69, 9.17) is 0 Å². The number of nitrogens with zero attached hydrogens (tertiary/aromatic N) is 1. The highest BCUT2D eigenvalue weighted by Gasteiger charge is 2.18. The molecule has 1 atom stereocenters. The van der Waals surface area contributed by atoms with Gasteiger partial charge in [0.2, 0.25) is 0 Å². The molecule has 0 amide bonds. The molecule has 0 aromatic heterocycles. The maximum Gasteiger partial charge on any atom is 0.126 e. The minimum Gasteiger partial charge on any atom is -0.314 e. The Bertz CT molecular complexity index is 364. The topological polar surface area (TPSA) is 15.3 Å². The van der Waals surface area contributed by atoms with Gasteiger partial charge in [0.25, 0.3) is 0 Å². The molecule has 1 fully saturated rings. The Hall–Kier alpha value is -0.640. The zero-order chi connectivity index (χ0) is 11.5. The van der Waals surface area contributed by atoms with Gasteiger partial charge in [-0.3, -0.25) is 4.90 Å². The van der Waals surface area contributed by atoms with E-state index in [0.717, 1.165) is 31.7 Å². The summed E-state index contributed by atoms with van der Waals surface area (Å²) < 4.78 is 13.2. The molecule has 1 aromatic carbocycles. The minimum atomic E-state index is -0.115. The Kier molecular flexibility index (Phi) is 5.37. The molecule has 2 nitrogen and oxygen atoms in total. The van der Waals surface area contributed by atoms with Crippen molar-refractivity contribution in [1.82, 2.24) is 10.2 Å². The van der Waals surface area contributed by atoms with Gasteiger partial charge in [0.1, 0.15) is 5.82 Å². The fourth-order valence-electron chi connectivity index (χ4n) is 2.21. The van der Waals surface area contributed by atoms with Crippen molar-refractivity contribution in [2.24, 2.45) is 0 Å². The summed E-state index contributed by atoms with van der Waals surface area (Å²) in [5.74, 6) is -0.115. The standard InChI is InChI=1S/C13H19FN2.ClH/c1-10-9-12(3-4-13(10)14)11(2)16-7-5-15-6-8-16;/h3-4,9,11,15H,5-8H2,1-2H3;1H/t11-;/m1./s1. The highest BCUT2D eigenvalue weighted by atomic mass is 35.5. The van der Waals surface area contributed by atoms with Crippen LogP contribution in [0.5, 0.6) is 0 Å². The molecule has 1 aliphatic heterocycles. The van der Waals surface area contributed by atoms with Crippen molar-refractivity contribution in [2.75, 3.05) is 26.2 Å². The third kappa shape index (κ3) is 3.41. The highest BCUT2D eigenvalue weighted by Crippen LogP contribution is 2.22. The third-order valence-corrected chi connectivity index (χ3v) is 3.36. The Morgan fingerprint density at radius 1 is 1.29 bits per heavy atom. The number of rotatable bonds is 2. The van der Waals surface area contributed by atoms with Crippen molar-refractivity contribution in [1.29, 1.82) is 0 Å². The first-order valence-corrected chi connectivity index (χ1v) is 5.89. The quantitative estimate of drug-likeness (QED) is 0.877. The van der Waals surface area contributed by atoms with E-state index in [1.54, 1.807) is 6.07 Å². The first-order valence-electron chi connectivity index (χ1n) is 5.89. The van der Waals surface area contributed by atoms with Crippen LogP contribution in [0.4, 0.5) is 4.39 Å². The van der Waals surface area contributed by atoms with Gasteiger partial charge in [0.15, 0.2) is 0 Å². The molecule has 1 aliphatic rings. The van der Waals surface area contributed by atoms with Crippen LogP contribution in [0.2, 0.25) is 0 Å². The van der Waals surface area contributed by atoms with Gasteiger partial charge in [-0.2, -0.15) is 0 Å². The molecule has 2 rings (SSSR count). The summed E-state index contributed by atoms with van der Waals surface area (Å²) >= 11 is 0. The number of halogens is 2. The van der Waals surface area contributed by atoms with E-state index in [2.05, 4.69) is 17.1 Å². The summed E-state index contributed by atoms with van der Waals surface area (Å²) in [5.41, 5.74) is 1.94. The molecule has 1 heterocycles. The lowest BCUT2D eigenvalue weighted by atomic mass is 10.0. The van der Waals surface area contributed by atoms with Crippen molar-refractivity contribution in [3.05, 3.63) is 35.1 Å². The zero-order valence-corrected chi connectivity index (χ0v) is 11.2. The van der Waals surface area contributed by atoms with Crippen LogP contribution in [-0.4, -0.2) is 31.1 Å². The van der Waals surface area contributed by atoms with Crippen LogP contribution in [0, 0.1) is 12.7 Å². The summed E-state index contributed by atoms with van der Waals surface area (Å²) in [5, 5.41) is 3.34. The molecule has 0 aliphatic carbocycles. The number of hydrogen-bond donors (Lipinski definition) is 1. The molecular weight excluding hydrogens is 239 g/mol. The average Bonchev–Trinajstić information content (AvgIpc) is 2.33. The smallest absolute Gasteiger partial charge is 0.126 e. The minimum absolute atomic E-state index is 0. The fourth-order valence-corrected chi connectivity index (χ4v) is 2.21. The predicted octanol–water partition coefficient (Wildman–Crippen LogP) is 2.52. The van der Waals surface area contributed by atoms with E-state index in [0.29, 0.717) is 6.04 Å². The summed E-state index contributed by atoms with van der Waals surface area (Å²) in [7, 11) is 0. The maximum atomic E-state index is 13.2. The summed E-state index contributed by atoms with van der Waals surface area (Å²) in [6.07, 6.45) is 0. The van der Waals surface area contributed by atoms with Crippen LogP contribution in [-0.2, 0) is 0 Å². The molecule has 1 saturated heterocycles. The van der Waals surface area contributed by atoms with E-state index in [1.165, 1.54) is 5.56 Å². The highest BCUT2D eigenvalue weighted by molar-refractivity contribution is 5.85. The average molecular weight is 259 g/mol. The van der Waals surface area contributed by atoms with Crippen LogP contribution < -0.4 is 5.32 Å². The molecular formula is C13H20ClFN2. The Balaban J connectivity index is 0.00000144. The second-order valence-electron chi connectivity index (χ2n) is 4.47. The lowest BCUT2D eigenvalue weighted by Crippen LogP contribution is -2.44. The van der Waals surface area contributed by atoms with Crippen molar-refractivity contribution >= 4 is 12.4 Å². The number of hydrogen-bond acceptors (Lipinski definition) is 2. The number of nitrogens with one attached hydrogen (secondary N) is 1. The number of piperazine rings is 1. The SMILES string of the molecule is Cc1cc([C@@H](C)N2CCNCC2)ccc1F.Cl. The molecule has 0 radical (unpaired) electrons. The first kappa shape index (κ1) is 14.4.